The second-order valence-electron chi connectivity index (χ2n) is 13.9. The number of hydrogen-bond donors (Lipinski definition) is 5. The summed E-state index contributed by atoms with van der Waals surface area (Å²) in [5.41, 5.74) is 11.2. The topological polar surface area (TPSA) is 129 Å². The maximum atomic E-state index is 13.5. The van der Waals surface area contributed by atoms with Gasteiger partial charge in [-0.25, -0.2) is 4.79 Å². The smallest absolute Gasteiger partial charge is 0.319 e. The molecule has 1 fully saturated rings. The van der Waals surface area contributed by atoms with Crippen LogP contribution in [0.4, 0.5) is 10.5 Å². The summed E-state index contributed by atoms with van der Waals surface area (Å²) in [7, 11) is 0. The number of amides is 3. The van der Waals surface area contributed by atoms with Crippen molar-refractivity contribution in [2.75, 3.05) is 31.5 Å². The quantitative estimate of drug-likeness (QED) is 0.0583. The molecule has 0 radical (unpaired) electrons. The van der Waals surface area contributed by atoms with Crippen molar-refractivity contribution in [2.24, 2.45) is 5.73 Å². The second-order valence-corrected chi connectivity index (χ2v) is 14.8. The molecule has 3 amide bonds. The van der Waals surface area contributed by atoms with Crippen molar-refractivity contribution in [2.45, 2.75) is 70.2 Å². The number of likely N-dealkylation sites (tertiary alicyclic amines) is 1. The van der Waals surface area contributed by atoms with Gasteiger partial charge in [-0.3, -0.25) is 14.4 Å². The average molecular weight is 806 g/mol. The molecule has 55 heavy (non-hydrogen) atoms. The van der Waals surface area contributed by atoms with E-state index in [9.17, 15) is 9.59 Å². The largest absolute Gasteiger partial charge is 0.351 e. The van der Waals surface area contributed by atoms with Crippen LogP contribution in [-0.4, -0.2) is 64.9 Å². The van der Waals surface area contributed by atoms with Gasteiger partial charge < -0.3 is 27.0 Å². The number of rotatable bonds is 18. The maximum absolute atomic E-state index is 13.5. The molecular weight excluding hydrogens is 755 g/mol. The minimum atomic E-state index is -0.456. The van der Waals surface area contributed by atoms with Crippen molar-refractivity contribution in [3.05, 3.63) is 129 Å². The van der Waals surface area contributed by atoms with Gasteiger partial charge in [-0.05, 0) is 93.2 Å². The molecule has 0 bridgehead atoms. The van der Waals surface area contributed by atoms with Crippen LogP contribution >= 0.6 is 35.6 Å². The van der Waals surface area contributed by atoms with Crippen molar-refractivity contribution in [1.82, 2.24) is 30.6 Å². The zero-order chi connectivity index (χ0) is 37.7. The molecule has 2 atom stereocenters. The number of urea groups is 1. The minimum Gasteiger partial charge on any atom is -0.351 e. The number of nitrogens with two attached hydrogens (primary N) is 1. The molecule has 2 heterocycles. The maximum Gasteiger partial charge on any atom is 0.319 e. The van der Waals surface area contributed by atoms with Crippen molar-refractivity contribution in [3.63, 3.8) is 0 Å². The molecule has 5 aromatic rings. The molecule has 0 saturated carbocycles. The SMILES string of the molecule is Cl.NCCCC[C@H](N[C@H](CNC(=O)Nc1ccc2c(CN3CCCC3)nn(Cc3c(Cl)cccc3Cl)c2c1)Cc1ccccc1)C(=O)NCc1ccccc1. The van der Waals surface area contributed by atoms with E-state index in [1.165, 1.54) is 12.8 Å². The fourth-order valence-corrected chi connectivity index (χ4v) is 7.52. The van der Waals surface area contributed by atoms with Crippen LogP contribution in [0, 0.1) is 0 Å². The van der Waals surface area contributed by atoms with Gasteiger partial charge in [0.15, 0.2) is 0 Å². The summed E-state index contributed by atoms with van der Waals surface area (Å²) >= 11 is 13.2. The number of anilines is 1. The fraction of sp³-hybridized carbons (Fsp3) is 0.357. The zero-order valence-corrected chi connectivity index (χ0v) is 33.3. The fourth-order valence-electron chi connectivity index (χ4n) is 7.00. The molecule has 0 spiro atoms. The van der Waals surface area contributed by atoms with Crippen LogP contribution in [0.1, 0.15) is 54.5 Å². The van der Waals surface area contributed by atoms with Gasteiger partial charge in [0.05, 0.1) is 23.8 Å². The summed E-state index contributed by atoms with van der Waals surface area (Å²) in [5, 5.41) is 20.0. The van der Waals surface area contributed by atoms with E-state index in [4.69, 9.17) is 34.0 Å². The molecular formula is C42H51Cl3N8O2. The number of halogens is 3. The lowest BCUT2D eigenvalue weighted by atomic mass is 10.0. The molecule has 292 valence electrons. The molecule has 0 unspecified atom stereocenters. The Morgan fingerprint density at radius 2 is 1.51 bits per heavy atom. The van der Waals surface area contributed by atoms with E-state index in [1.54, 1.807) is 0 Å². The van der Waals surface area contributed by atoms with E-state index < -0.39 is 6.04 Å². The summed E-state index contributed by atoms with van der Waals surface area (Å²) in [6.45, 7) is 4.55. The molecule has 6 rings (SSSR count). The highest BCUT2D eigenvalue weighted by Crippen LogP contribution is 2.29. The van der Waals surface area contributed by atoms with Gasteiger partial charge in [-0.1, -0.05) is 96.4 Å². The lowest BCUT2D eigenvalue weighted by Gasteiger charge is -2.26. The number of fused-ring (bicyclic) bond motifs is 1. The van der Waals surface area contributed by atoms with Crippen molar-refractivity contribution in [3.8, 4) is 0 Å². The Kier molecular flexibility index (Phi) is 16.2. The second kappa shape index (κ2) is 21.2. The lowest BCUT2D eigenvalue weighted by molar-refractivity contribution is -0.123. The number of carbonyl (C=O) groups excluding carboxylic acids is 2. The molecule has 0 aliphatic carbocycles. The first-order valence-corrected chi connectivity index (χ1v) is 19.6. The van der Waals surface area contributed by atoms with Gasteiger partial charge in [-0.15, -0.1) is 12.4 Å². The van der Waals surface area contributed by atoms with E-state index >= 15 is 0 Å². The Hall–Kier alpha value is -4.16. The summed E-state index contributed by atoms with van der Waals surface area (Å²) < 4.78 is 1.92. The van der Waals surface area contributed by atoms with Gasteiger partial charge in [0.25, 0.3) is 0 Å². The number of nitrogens with one attached hydrogen (secondary N) is 4. The number of carbonyl (C=O) groups is 2. The molecule has 1 aliphatic heterocycles. The summed E-state index contributed by atoms with van der Waals surface area (Å²) in [4.78, 5) is 29.4. The molecule has 10 nitrogen and oxygen atoms in total. The van der Waals surface area contributed by atoms with E-state index in [1.807, 2.05) is 89.6 Å². The molecule has 13 heteroatoms. The van der Waals surface area contributed by atoms with Crippen LogP contribution in [0.2, 0.25) is 10.0 Å². The Balaban J connectivity index is 0.00000580. The lowest BCUT2D eigenvalue weighted by Crippen LogP contribution is -2.52. The van der Waals surface area contributed by atoms with Crippen molar-refractivity contribution >= 4 is 64.1 Å². The normalized spacial score (nSPS) is 13.9. The van der Waals surface area contributed by atoms with E-state index in [2.05, 4.69) is 38.3 Å². The first kappa shape index (κ1) is 42.0. The standard InChI is InChI=1S/C42H50Cl2N8O2.ClH/c43-36-16-11-17-37(44)35(36)28-52-40-25-32(19-20-34(40)39(50-52)29-51-22-9-10-23-51)49-42(54)47-27-33(24-30-12-3-1-4-13-30)48-38(18-7-8-21-45)41(53)46-26-31-14-5-2-6-15-31;/h1-6,11-17,19-20,25,33,38,48H,7-10,18,21-24,26-29,45H2,(H,46,53)(H2,47,49,54);1H/t33-,38-;/m0./s1. The minimum absolute atomic E-state index is 0. The Morgan fingerprint density at radius 1 is 0.818 bits per heavy atom. The average Bonchev–Trinajstić information content (AvgIpc) is 3.82. The molecule has 1 aromatic heterocycles. The number of unbranched alkanes of at least 4 members (excludes halogenated alkanes) is 1. The number of hydrogen-bond acceptors (Lipinski definition) is 6. The number of benzene rings is 4. The number of aromatic nitrogens is 2. The first-order valence-electron chi connectivity index (χ1n) is 18.9. The van der Waals surface area contributed by atoms with Crippen LogP contribution in [0.5, 0.6) is 0 Å². The molecule has 1 saturated heterocycles. The Bertz CT molecular complexity index is 1950. The van der Waals surface area contributed by atoms with E-state index in [0.29, 0.717) is 54.8 Å². The third-order valence-electron chi connectivity index (χ3n) is 9.87. The van der Waals surface area contributed by atoms with Gasteiger partial charge in [-0.2, -0.15) is 5.10 Å². The summed E-state index contributed by atoms with van der Waals surface area (Å²) in [6.07, 6.45) is 5.26. The highest BCUT2D eigenvalue weighted by Gasteiger charge is 2.23. The molecule has 4 aromatic carbocycles. The Labute approximate surface area is 339 Å². The third kappa shape index (κ3) is 12.2. The van der Waals surface area contributed by atoms with Crippen LogP contribution < -0.4 is 27.0 Å². The predicted octanol–water partition coefficient (Wildman–Crippen LogP) is 7.55. The zero-order valence-electron chi connectivity index (χ0n) is 31.0. The van der Waals surface area contributed by atoms with Gasteiger partial charge in [0.2, 0.25) is 5.91 Å². The highest BCUT2D eigenvalue weighted by atomic mass is 35.5. The van der Waals surface area contributed by atoms with Crippen LogP contribution in [0.3, 0.4) is 0 Å². The third-order valence-corrected chi connectivity index (χ3v) is 10.6. The van der Waals surface area contributed by atoms with Gasteiger partial charge >= 0.3 is 6.03 Å². The molecule has 6 N–H and O–H groups in total. The van der Waals surface area contributed by atoms with Crippen LogP contribution in [0.25, 0.3) is 10.9 Å². The summed E-state index contributed by atoms with van der Waals surface area (Å²) in [5.74, 6) is -0.0783. The highest BCUT2D eigenvalue weighted by molar-refractivity contribution is 6.36. The first-order chi connectivity index (χ1) is 26.4. The van der Waals surface area contributed by atoms with Crippen molar-refractivity contribution < 1.29 is 9.59 Å². The van der Waals surface area contributed by atoms with E-state index in [0.717, 1.165) is 65.8 Å². The predicted molar refractivity (Wildman–Crippen MR) is 226 cm³/mol. The Morgan fingerprint density at radius 3 is 2.20 bits per heavy atom. The van der Waals surface area contributed by atoms with E-state index in [-0.39, 0.29) is 30.4 Å². The summed E-state index contributed by atoms with van der Waals surface area (Å²) in [6, 6.07) is 30.3. The van der Waals surface area contributed by atoms with Crippen molar-refractivity contribution in [1.29, 1.82) is 0 Å². The molecule has 1 aliphatic rings. The van der Waals surface area contributed by atoms with Gasteiger partial charge in [0.1, 0.15) is 0 Å². The van der Waals surface area contributed by atoms with Gasteiger partial charge in [0, 0.05) is 52.4 Å². The van der Waals surface area contributed by atoms with Crippen LogP contribution in [-0.2, 0) is 30.8 Å². The van der Waals surface area contributed by atoms with Crippen LogP contribution in [0.15, 0.2) is 97.1 Å². The number of nitrogens with zero attached hydrogens (tertiary/aromatic N) is 3. The monoisotopic (exact) mass is 804 g/mol.